The van der Waals surface area contributed by atoms with Gasteiger partial charge in [0.25, 0.3) is 0 Å². The number of allylic oxidation sites excluding steroid dienone is 1. The highest BCUT2D eigenvalue weighted by Gasteiger charge is 2.30. The van der Waals surface area contributed by atoms with Gasteiger partial charge in [0, 0.05) is 41.5 Å². The predicted octanol–water partition coefficient (Wildman–Crippen LogP) is 4.25. The third kappa shape index (κ3) is 4.85. The Labute approximate surface area is 195 Å². The second-order valence-corrected chi connectivity index (χ2v) is 11.5. The van der Waals surface area contributed by atoms with Crippen LogP contribution in [0.3, 0.4) is 0 Å². The monoisotopic (exact) mass is 469 g/mol. The number of carbonyl (C=O) groups is 1. The third-order valence-electron chi connectivity index (χ3n) is 6.08. The van der Waals surface area contributed by atoms with Crippen molar-refractivity contribution < 1.29 is 17.9 Å². The molecule has 0 bridgehead atoms. The number of amides is 2. The number of rotatable bonds is 5. The fourth-order valence-electron chi connectivity index (χ4n) is 4.52. The van der Waals surface area contributed by atoms with Crippen LogP contribution in [0, 0.1) is 0 Å². The summed E-state index contributed by atoms with van der Waals surface area (Å²) in [5.41, 5.74) is 5.47. The molecule has 2 aromatic rings. The number of hydrogen-bond donors (Lipinski definition) is 2. The fraction of sp³-hybridized carbons (Fsp3) is 0.400. The molecule has 1 heterocycles. The van der Waals surface area contributed by atoms with Crippen LogP contribution in [0.1, 0.15) is 48.9 Å². The second-order valence-electron chi connectivity index (χ2n) is 9.71. The summed E-state index contributed by atoms with van der Waals surface area (Å²) in [7, 11) is -1.64. The van der Waals surface area contributed by atoms with Crippen molar-refractivity contribution in [1.29, 1.82) is 0 Å². The molecule has 33 heavy (non-hydrogen) atoms. The molecule has 2 N–H and O–H groups in total. The SMILES string of the molecule is COc1c(C2C=Cc3cc(NS(C)(=O)=O)ccc3C2)cc(N2CCNC2=O)cc1C(C)(C)C. The standard InChI is InChI=1S/C25H31N3O4S/c1-25(2,3)22-15-20(28-11-10-26-24(28)29)14-21(23(22)32-4)18-7-6-17-13-19(27-33(5,30)31)9-8-16(17)12-18/h6-9,13-15,18,27H,10-12H2,1-5H3,(H,26,29). The first-order valence-corrected chi connectivity index (χ1v) is 12.9. The zero-order valence-corrected chi connectivity index (χ0v) is 20.5. The molecular formula is C25H31N3O4S. The van der Waals surface area contributed by atoms with Gasteiger partial charge < -0.3 is 10.1 Å². The van der Waals surface area contributed by atoms with Crippen molar-refractivity contribution in [2.24, 2.45) is 0 Å². The number of nitrogens with zero attached hydrogens (tertiary/aromatic N) is 1. The Morgan fingerprint density at radius 1 is 1.18 bits per heavy atom. The molecule has 1 unspecified atom stereocenters. The van der Waals surface area contributed by atoms with Gasteiger partial charge in [0.1, 0.15) is 5.75 Å². The Hall–Kier alpha value is -3.00. The Bertz CT molecular complexity index is 1230. The number of ether oxygens (including phenoxy) is 1. The van der Waals surface area contributed by atoms with Gasteiger partial charge in [-0.15, -0.1) is 0 Å². The van der Waals surface area contributed by atoms with E-state index < -0.39 is 10.0 Å². The molecule has 1 saturated heterocycles. The first kappa shape index (κ1) is 23.2. The van der Waals surface area contributed by atoms with Crippen molar-refractivity contribution >= 4 is 33.5 Å². The number of anilines is 2. The van der Waals surface area contributed by atoms with Crippen LogP contribution < -0.4 is 19.7 Å². The Morgan fingerprint density at radius 2 is 1.94 bits per heavy atom. The number of benzene rings is 2. The molecule has 1 aliphatic heterocycles. The zero-order valence-electron chi connectivity index (χ0n) is 19.7. The van der Waals surface area contributed by atoms with Gasteiger partial charge in [0.2, 0.25) is 10.0 Å². The smallest absolute Gasteiger partial charge is 0.321 e. The Morgan fingerprint density at radius 3 is 2.55 bits per heavy atom. The number of nitrogens with one attached hydrogen (secondary N) is 2. The number of carbonyl (C=O) groups excluding carboxylic acids is 1. The van der Waals surface area contributed by atoms with Crippen LogP contribution in [-0.2, 0) is 21.9 Å². The van der Waals surface area contributed by atoms with Gasteiger partial charge in [-0.05, 0) is 47.2 Å². The summed E-state index contributed by atoms with van der Waals surface area (Å²) in [5.74, 6) is 0.909. The predicted molar refractivity (Wildman–Crippen MR) is 133 cm³/mol. The van der Waals surface area contributed by atoms with E-state index in [0.717, 1.165) is 46.4 Å². The lowest BCUT2D eigenvalue weighted by Crippen LogP contribution is -2.28. The topological polar surface area (TPSA) is 87.7 Å². The van der Waals surface area contributed by atoms with E-state index in [4.69, 9.17) is 4.74 Å². The van der Waals surface area contributed by atoms with Gasteiger partial charge in [0.15, 0.2) is 0 Å². The van der Waals surface area contributed by atoms with E-state index in [0.29, 0.717) is 18.8 Å². The van der Waals surface area contributed by atoms with Crippen LogP contribution in [0.4, 0.5) is 16.2 Å². The molecule has 2 amide bonds. The molecular weight excluding hydrogens is 438 g/mol. The lowest BCUT2D eigenvalue weighted by molar-refractivity contribution is 0.252. The van der Waals surface area contributed by atoms with Crippen LogP contribution in [0.15, 0.2) is 36.4 Å². The fourth-order valence-corrected chi connectivity index (χ4v) is 5.08. The van der Waals surface area contributed by atoms with Gasteiger partial charge in [-0.3, -0.25) is 9.62 Å². The molecule has 4 rings (SSSR count). The number of fused-ring (bicyclic) bond motifs is 1. The first-order valence-electron chi connectivity index (χ1n) is 11.0. The molecule has 7 nitrogen and oxygen atoms in total. The number of methoxy groups -OCH3 is 1. The maximum absolute atomic E-state index is 12.4. The Kier molecular flexibility index (Phi) is 5.90. The van der Waals surface area contributed by atoms with Crippen molar-refractivity contribution in [2.75, 3.05) is 36.1 Å². The minimum atomic E-state index is -3.33. The van der Waals surface area contributed by atoms with Crippen molar-refractivity contribution in [1.82, 2.24) is 5.32 Å². The number of hydrogen-bond acceptors (Lipinski definition) is 4. The summed E-state index contributed by atoms with van der Waals surface area (Å²) in [6.07, 6.45) is 6.05. The molecule has 2 aromatic carbocycles. The van der Waals surface area contributed by atoms with E-state index >= 15 is 0 Å². The molecule has 1 atom stereocenters. The molecule has 2 aliphatic rings. The van der Waals surface area contributed by atoms with Crippen molar-refractivity contribution in [2.45, 2.75) is 38.5 Å². The summed E-state index contributed by atoms with van der Waals surface area (Å²) in [4.78, 5) is 14.2. The minimum absolute atomic E-state index is 0.0629. The molecule has 0 spiro atoms. The van der Waals surface area contributed by atoms with Gasteiger partial charge in [-0.2, -0.15) is 0 Å². The average Bonchev–Trinajstić information content (AvgIpc) is 3.16. The van der Waals surface area contributed by atoms with Crippen LogP contribution in [0.2, 0.25) is 0 Å². The van der Waals surface area contributed by atoms with Crippen molar-refractivity contribution in [3.63, 3.8) is 0 Å². The van der Waals surface area contributed by atoms with Gasteiger partial charge in [0.05, 0.1) is 13.4 Å². The lowest BCUT2D eigenvalue weighted by atomic mass is 9.79. The minimum Gasteiger partial charge on any atom is -0.496 e. The molecule has 0 aromatic heterocycles. The largest absolute Gasteiger partial charge is 0.496 e. The molecule has 1 aliphatic carbocycles. The van der Waals surface area contributed by atoms with E-state index in [9.17, 15) is 13.2 Å². The van der Waals surface area contributed by atoms with Gasteiger partial charge in [-0.1, -0.05) is 39.0 Å². The highest BCUT2D eigenvalue weighted by Crippen LogP contribution is 2.43. The molecule has 1 fully saturated rings. The van der Waals surface area contributed by atoms with E-state index in [-0.39, 0.29) is 17.4 Å². The summed E-state index contributed by atoms with van der Waals surface area (Å²) < 4.78 is 31.6. The normalized spacial score (nSPS) is 18.2. The number of sulfonamides is 1. The van der Waals surface area contributed by atoms with Gasteiger partial charge in [-0.25, -0.2) is 13.2 Å². The summed E-state index contributed by atoms with van der Waals surface area (Å²) >= 11 is 0. The quantitative estimate of drug-likeness (QED) is 0.685. The summed E-state index contributed by atoms with van der Waals surface area (Å²) in [6, 6.07) is 9.66. The van der Waals surface area contributed by atoms with E-state index in [1.54, 1.807) is 18.1 Å². The molecule has 0 radical (unpaired) electrons. The second kappa shape index (κ2) is 8.41. The number of urea groups is 1. The summed E-state index contributed by atoms with van der Waals surface area (Å²) in [6.45, 7) is 7.69. The Balaban J connectivity index is 1.76. The summed E-state index contributed by atoms with van der Waals surface area (Å²) in [5, 5.41) is 2.88. The van der Waals surface area contributed by atoms with Crippen LogP contribution in [0.25, 0.3) is 6.08 Å². The highest BCUT2D eigenvalue weighted by molar-refractivity contribution is 7.92. The lowest BCUT2D eigenvalue weighted by Gasteiger charge is -2.30. The van der Waals surface area contributed by atoms with Crippen LogP contribution in [0.5, 0.6) is 5.75 Å². The van der Waals surface area contributed by atoms with E-state index in [1.165, 1.54) is 0 Å². The maximum atomic E-state index is 12.4. The van der Waals surface area contributed by atoms with E-state index in [1.807, 2.05) is 18.2 Å². The van der Waals surface area contributed by atoms with E-state index in [2.05, 4.69) is 49.0 Å². The first-order chi connectivity index (χ1) is 15.5. The van der Waals surface area contributed by atoms with Gasteiger partial charge >= 0.3 is 6.03 Å². The molecule has 0 saturated carbocycles. The highest BCUT2D eigenvalue weighted by atomic mass is 32.2. The van der Waals surface area contributed by atoms with Crippen molar-refractivity contribution in [3.05, 3.63) is 58.7 Å². The van der Waals surface area contributed by atoms with Crippen LogP contribution >= 0.6 is 0 Å². The third-order valence-corrected chi connectivity index (χ3v) is 6.69. The van der Waals surface area contributed by atoms with Crippen molar-refractivity contribution in [3.8, 4) is 5.75 Å². The zero-order chi connectivity index (χ0) is 24.0. The van der Waals surface area contributed by atoms with Crippen LogP contribution in [-0.4, -0.2) is 40.9 Å². The average molecular weight is 470 g/mol. The molecule has 8 heteroatoms. The molecule has 176 valence electrons. The maximum Gasteiger partial charge on any atom is 0.321 e.